The van der Waals surface area contributed by atoms with Gasteiger partial charge in [0.05, 0.1) is 6.54 Å². The molecule has 0 spiro atoms. The summed E-state index contributed by atoms with van der Waals surface area (Å²) in [5, 5.41) is 3.76. The molecule has 1 heterocycles. The second-order valence-corrected chi connectivity index (χ2v) is 4.33. The van der Waals surface area contributed by atoms with Gasteiger partial charge in [0.15, 0.2) is 4.60 Å². The van der Waals surface area contributed by atoms with Gasteiger partial charge in [-0.25, -0.2) is 9.48 Å². The third-order valence-corrected chi connectivity index (χ3v) is 2.85. The predicted octanol–water partition coefficient (Wildman–Crippen LogP) is 0.753. The summed E-state index contributed by atoms with van der Waals surface area (Å²) in [6.45, 7) is 0.244. The average Bonchev–Trinajstić information content (AvgIpc) is 2.33. The first-order chi connectivity index (χ1) is 8.09. The van der Waals surface area contributed by atoms with Crippen LogP contribution < -0.4 is 11.2 Å². The number of aromatic nitrogens is 3. The van der Waals surface area contributed by atoms with Crippen LogP contribution in [0.4, 0.5) is 0 Å². The summed E-state index contributed by atoms with van der Waals surface area (Å²) in [6.07, 6.45) is 0. The van der Waals surface area contributed by atoms with Crippen molar-refractivity contribution in [2.45, 2.75) is 6.54 Å². The minimum absolute atomic E-state index is 0.135. The van der Waals surface area contributed by atoms with Gasteiger partial charge in [-0.1, -0.05) is 30.3 Å². The fraction of sp³-hybridized carbons (Fsp3) is 0.182. The van der Waals surface area contributed by atoms with Crippen molar-refractivity contribution in [3.05, 3.63) is 61.3 Å². The maximum absolute atomic E-state index is 11.8. The molecule has 6 heteroatoms. The van der Waals surface area contributed by atoms with Gasteiger partial charge in [0.1, 0.15) is 0 Å². The molecule has 17 heavy (non-hydrogen) atoms. The van der Waals surface area contributed by atoms with Gasteiger partial charge in [0.2, 0.25) is 0 Å². The van der Waals surface area contributed by atoms with Crippen LogP contribution in [0.5, 0.6) is 0 Å². The van der Waals surface area contributed by atoms with Gasteiger partial charge < -0.3 is 0 Å². The summed E-state index contributed by atoms with van der Waals surface area (Å²) in [4.78, 5) is 23.6. The van der Waals surface area contributed by atoms with Crippen LogP contribution in [-0.2, 0) is 13.6 Å². The molecule has 0 saturated carbocycles. The lowest BCUT2D eigenvalue weighted by Crippen LogP contribution is -2.41. The Bertz CT molecular complexity index is 612. The lowest BCUT2D eigenvalue weighted by atomic mass is 10.2. The number of hydrogen-bond acceptors (Lipinski definition) is 3. The van der Waals surface area contributed by atoms with Crippen LogP contribution >= 0.6 is 15.9 Å². The van der Waals surface area contributed by atoms with Gasteiger partial charge in [-0.05, 0) is 21.5 Å². The lowest BCUT2D eigenvalue weighted by Gasteiger charge is -2.06. The van der Waals surface area contributed by atoms with E-state index in [2.05, 4.69) is 21.0 Å². The van der Waals surface area contributed by atoms with E-state index in [9.17, 15) is 9.59 Å². The minimum atomic E-state index is -0.429. The van der Waals surface area contributed by atoms with E-state index >= 15 is 0 Å². The van der Waals surface area contributed by atoms with Gasteiger partial charge in [0.25, 0.3) is 5.56 Å². The van der Waals surface area contributed by atoms with Crippen LogP contribution in [0.25, 0.3) is 0 Å². The predicted molar refractivity (Wildman–Crippen MR) is 67.0 cm³/mol. The first kappa shape index (κ1) is 11.8. The van der Waals surface area contributed by atoms with Crippen LogP contribution in [0.1, 0.15) is 5.56 Å². The van der Waals surface area contributed by atoms with Crippen LogP contribution in [0.3, 0.4) is 0 Å². The summed E-state index contributed by atoms with van der Waals surface area (Å²) in [7, 11) is 1.51. The molecule has 0 aliphatic rings. The fourth-order valence-corrected chi connectivity index (χ4v) is 1.95. The molecule has 2 rings (SSSR count). The number of benzene rings is 1. The largest absolute Gasteiger partial charge is 0.347 e. The molecule has 0 bridgehead atoms. The van der Waals surface area contributed by atoms with E-state index in [1.54, 1.807) is 0 Å². The van der Waals surface area contributed by atoms with E-state index in [0.29, 0.717) is 0 Å². The third-order valence-electron chi connectivity index (χ3n) is 2.35. The van der Waals surface area contributed by atoms with E-state index in [-0.39, 0.29) is 11.1 Å². The standard InChI is InChI=1S/C11H10BrN3O2/c1-14-11(17)15(10(16)9(12)13-14)7-8-5-3-2-4-6-8/h2-6H,7H2,1H3. The molecule has 88 valence electrons. The quantitative estimate of drug-likeness (QED) is 0.822. The zero-order chi connectivity index (χ0) is 12.4. The van der Waals surface area contributed by atoms with E-state index in [0.717, 1.165) is 14.8 Å². The Morgan fingerprint density at radius 2 is 1.88 bits per heavy atom. The Kier molecular flexibility index (Phi) is 3.23. The highest BCUT2D eigenvalue weighted by atomic mass is 79.9. The zero-order valence-corrected chi connectivity index (χ0v) is 10.7. The highest BCUT2D eigenvalue weighted by molar-refractivity contribution is 9.10. The van der Waals surface area contributed by atoms with Crippen molar-refractivity contribution < 1.29 is 0 Å². The van der Waals surface area contributed by atoms with Crippen LogP contribution in [0.15, 0.2) is 44.5 Å². The maximum atomic E-state index is 11.8. The van der Waals surface area contributed by atoms with E-state index in [1.807, 2.05) is 30.3 Å². The summed E-state index contributed by atoms with van der Waals surface area (Å²) in [6, 6.07) is 9.33. The molecule has 1 aromatic heterocycles. The second kappa shape index (κ2) is 4.67. The molecule has 1 aromatic carbocycles. The summed E-state index contributed by atoms with van der Waals surface area (Å²) >= 11 is 3.04. The Labute approximate surface area is 105 Å². The Morgan fingerprint density at radius 1 is 1.24 bits per heavy atom. The van der Waals surface area contributed by atoms with E-state index < -0.39 is 11.2 Å². The molecule has 0 atom stereocenters. The number of rotatable bonds is 2. The molecular weight excluding hydrogens is 286 g/mol. The Hall–Kier alpha value is -1.69. The molecule has 2 aromatic rings. The summed E-state index contributed by atoms with van der Waals surface area (Å²) in [5.41, 5.74) is 0.0452. The normalized spacial score (nSPS) is 10.5. The zero-order valence-electron chi connectivity index (χ0n) is 9.13. The molecule has 0 N–H and O–H groups in total. The molecule has 5 nitrogen and oxygen atoms in total. The Morgan fingerprint density at radius 3 is 2.53 bits per heavy atom. The number of aryl methyl sites for hydroxylation is 1. The highest BCUT2D eigenvalue weighted by Gasteiger charge is 2.09. The molecule has 0 unspecified atom stereocenters. The molecule has 0 aliphatic heterocycles. The first-order valence-corrected chi connectivity index (χ1v) is 5.76. The van der Waals surface area contributed by atoms with E-state index in [4.69, 9.17) is 0 Å². The summed E-state index contributed by atoms with van der Waals surface area (Å²) < 4.78 is 2.41. The molecule has 0 radical (unpaired) electrons. The smallest absolute Gasteiger partial charge is 0.266 e. The van der Waals surface area contributed by atoms with Crippen molar-refractivity contribution in [3.63, 3.8) is 0 Å². The molecule has 0 saturated heterocycles. The van der Waals surface area contributed by atoms with Gasteiger partial charge in [-0.15, -0.1) is 0 Å². The first-order valence-electron chi connectivity index (χ1n) is 4.97. The third kappa shape index (κ3) is 2.36. The van der Waals surface area contributed by atoms with Gasteiger partial charge in [0, 0.05) is 7.05 Å². The average molecular weight is 296 g/mol. The molecule has 0 amide bonds. The van der Waals surface area contributed by atoms with Crippen LogP contribution in [0, 0.1) is 0 Å². The lowest BCUT2D eigenvalue weighted by molar-refractivity contribution is 0.565. The van der Waals surface area contributed by atoms with Crippen molar-refractivity contribution in [2.75, 3.05) is 0 Å². The fourth-order valence-electron chi connectivity index (χ4n) is 1.50. The highest BCUT2D eigenvalue weighted by Crippen LogP contribution is 2.00. The van der Waals surface area contributed by atoms with Gasteiger partial charge in [-0.3, -0.25) is 9.36 Å². The second-order valence-electron chi connectivity index (χ2n) is 3.57. The van der Waals surface area contributed by atoms with Crippen molar-refractivity contribution in [3.8, 4) is 0 Å². The van der Waals surface area contributed by atoms with Crippen molar-refractivity contribution >= 4 is 15.9 Å². The van der Waals surface area contributed by atoms with Crippen molar-refractivity contribution in [1.82, 2.24) is 14.3 Å². The molecular formula is C11H10BrN3O2. The van der Waals surface area contributed by atoms with Crippen LogP contribution in [0.2, 0.25) is 0 Å². The van der Waals surface area contributed by atoms with Gasteiger partial charge in [-0.2, -0.15) is 5.10 Å². The van der Waals surface area contributed by atoms with Crippen LogP contribution in [-0.4, -0.2) is 14.3 Å². The molecule has 0 aliphatic carbocycles. The number of halogens is 1. The van der Waals surface area contributed by atoms with Crippen molar-refractivity contribution in [1.29, 1.82) is 0 Å². The minimum Gasteiger partial charge on any atom is -0.266 e. The van der Waals surface area contributed by atoms with E-state index in [1.165, 1.54) is 7.05 Å². The number of nitrogens with zero attached hydrogens (tertiary/aromatic N) is 3. The SMILES string of the molecule is Cn1nc(Br)c(=O)n(Cc2ccccc2)c1=O. The molecule has 0 fully saturated rings. The maximum Gasteiger partial charge on any atom is 0.347 e. The van der Waals surface area contributed by atoms with Gasteiger partial charge >= 0.3 is 5.69 Å². The Balaban J connectivity index is 2.54. The number of hydrogen-bond donors (Lipinski definition) is 0. The summed E-state index contributed by atoms with van der Waals surface area (Å²) in [5.74, 6) is 0. The van der Waals surface area contributed by atoms with Crippen molar-refractivity contribution in [2.24, 2.45) is 7.05 Å². The topological polar surface area (TPSA) is 56.9 Å². The monoisotopic (exact) mass is 295 g/mol.